The summed E-state index contributed by atoms with van der Waals surface area (Å²) in [5.74, 6) is 0.734. The molecule has 0 bridgehead atoms. The van der Waals surface area contributed by atoms with E-state index >= 15 is 0 Å². The van der Waals surface area contributed by atoms with E-state index in [4.69, 9.17) is 4.74 Å². The number of rotatable bonds is 7. The van der Waals surface area contributed by atoms with Crippen LogP contribution in [-0.2, 0) is 6.42 Å². The lowest BCUT2D eigenvalue weighted by molar-refractivity contribution is 0.320. The van der Waals surface area contributed by atoms with Crippen LogP contribution in [0.15, 0.2) is 43.8 Å². The van der Waals surface area contributed by atoms with Crippen LogP contribution < -0.4 is 10.3 Å². The molecule has 29 heavy (non-hydrogen) atoms. The average molecular weight is 459 g/mol. The first-order valence-electron chi connectivity index (χ1n) is 9.44. The van der Waals surface area contributed by atoms with Gasteiger partial charge in [0.1, 0.15) is 0 Å². The van der Waals surface area contributed by atoms with Crippen molar-refractivity contribution >= 4 is 27.3 Å². The van der Waals surface area contributed by atoms with Gasteiger partial charge in [-0.15, -0.1) is 5.11 Å². The van der Waals surface area contributed by atoms with Gasteiger partial charge in [0.15, 0.2) is 5.69 Å². The summed E-state index contributed by atoms with van der Waals surface area (Å²) >= 11 is 3.38. The van der Waals surface area contributed by atoms with Crippen molar-refractivity contribution in [2.45, 2.75) is 40.5 Å². The van der Waals surface area contributed by atoms with Gasteiger partial charge in [0.25, 0.3) is 5.95 Å². The van der Waals surface area contributed by atoms with Gasteiger partial charge in [0.05, 0.1) is 18.0 Å². The summed E-state index contributed by atoms with van der Waals surface area (Å²) in [5.41, 5.74) is 2.82. The minimum Gasteiger partial charge on any atom is -0.478 e. The lowest BCUT2D eigenvalue weighted by atomic mass is 10.1. The zero-order valence-corrected chi connectivity index (χ0v) is 18.4. The first-order valence-corrected chi connectivity index (χ1v) is 10.2. The fraction of sp³-hybridized carbons (Fsp3) is 0.350. The zero-order valence-electron chi connectivity index (χ0n) is 16.9. The molecule has 1 aromatic carbocycles. The van der Waals surface area contributed by atoms with E-state index in [0.29, 0.717) is 23.9 Å². The number of aromatic nitrogens is 4. The largest absolute Gasteiger partial charge is 0.478 e. The molecule has 1 N–H and O–H groups in total. The summed E-state index contributed by atoms with van der Waals surface area (Å²) in [6.07, 6.45) is 1.76. The van der Waals surface area contributed by atoms with Gasteiger partial charge in [-0.05, 0) is 51.5 Å². The van der Waals surface area contributed by atoms with Crippen LogP contribution in [0.4, 0.5) is 11.4 Å². The molecule has 0 amide bonds. The van der Waals surface area contributed by atoms with Crippen molar-refractivity contribution in [1.29, 1.82) is 0 Å². The van der Waals surface area contributed by atoms with Crippen LogP contribution in [0, 0.1) is 13.8 Å². The molecule has 0 aliphatic carbocycles. The molecule has 0 unspecified atom stereocenters. The molecule has 0 saturated heterocycles. The minimum absolute atomic E-state index is 0.213. The van der Waals surface area contributed by atoms with Crippen molar-refractivity contribution in [1.82, 2.24) is 19.7 Å². The number of azo groups is 1. The second kappa shape index (κ2) is 9.13. The molecule has 2 aromatic heterocycles. The maximum atomic E-state index is 12.9. The van der Waals surface area contributed by atoms with E-state index in [-0.39, 0.29) is 17.2 Å². The Kier molecular flexibility index (Phi) is 6.58. The average Bonchev–Trinajstić information content (AvgIpc) is 2.98. The lowest BCUT2D eigenvalue weighted by Crippen LogP contribution is -2.19. The first-order chi connectivity index (χ1) is 13.9. The Morgan fingerprint density at radius 2 is 1.86 bits per heavy atom. The van der Waals surface area contributed by atoms with Crippen LogP contribution in [-0.4, -0.2) is 26.4 Å². The number of nitrogens with one attached hydrogen (secondary N) is 1. The van der Waals surface area contributed by atoms with Crippen molar-refractivity contribution in [3.05, 3.63) is 56.0 Å². The number of aromatic amines is 1. The van der Waals surface area contributed by atoms with Crippen molar-refractivity contribution < 1.29 is 4.74 Å². The van der Waals surface area contributed by atoms with Gasteiger partial charge in [-0.3, -0.25) is 9.89 Å². The molecular weight excluding hydrogens is 436 g/mol. The Bertz CT molecular complexity index is 1090. The van der Waals surface area contributed by atoms with Crippen LogP contribution in [0.1, 0.15) is 37.2 Å². The van der Waals surface area contributed by atoms with Crippen LogP contribution in [0.5, 0.6) is 5.88 Å². The number of aryl methyl sites for hydroxylation is 2. The highest BCUT2D eigenvalue weighted by Crippen LogP contribution is 2.23. The second-order valence-corrected chi connectivity index (χ2v) is 7.39. The van der Waals surface area contributed by atoms with Gasteiger partial charge in [-0.2, -0.15) is 14.8 Å². The third-order valence-corrected chi connectivity index (χ3v) is 4.81. The standard InChI is InChI=1S/C20H23BrN6O2/c1-5-7-16-12(3)22-20(23-18(16)29-6-2)27-19(28)17(13(4)26-27)25-24-15-10-8-14(21)9-11-15/h8-11,26H,5-7H2,1-4H3. The molecule has 8 nitrogen and oxygen atoms in total. The summed E-state index contributed by atoms with van der Waals surface area (Å²) in [7, 11) is 0. The second-order valence-electron chi connectivity index (χ2n) is 6.48. The topological polar surface area (TPSA) is 97.5 Å². The normalized spacial score (nSPS) is 11.3. The van der Waals surface area contributed by atoms with E-state index in [9.17, 15) is 4.79 Å². The molecular formula is C20H23BrN6O2. The molecule has 3 aromatic rings. The Morgan fingerprint density at radius 1 is 1.14 bits per heavy atom. The summed E-state index contributed by atoms with van der Waals surface area (Å²) in [4.78, 5) is 21.9. The number of ether oxygens (including phenoxy) is 1. The third kappa shape index (κ3) is 4.61. The van der Waals surface area contributed by atoms with E-state index in [1.165, 1.54) is 4.68 Å². The van der Waals surface area contributed by atoms with Crippen LogP contribution >= 0.6 is 15.9 Å². The summed E-state index contributed by atoms with van der Waals surface area (Å²) < 4.78 is 7.92. The molecule has 0 aliphatic heterocycles. The number of benzene rings is 1. The van der Waals surface area contributed by atoms with Crippen LogP contribution in [0.2, 0.25) is 0 Å². The summed E-state index contributed by atoms with van der Waals surface area (Å²) in [5, 5.41) is 11.3. The monoisotopic (exact) mass is 458 g/mol. The fourth-order valence-corrected chi connectivity index (χ4v) is 3.13. The molecule has 0 spiro atoms. The highest BCUT2D eigenvalue weighted by atomic mass is 79.9. The molecule has 0 aliphatic rings. The highest BCUT2D eigenvalue weighted by molar-refractivity contribution is 9.10. The smallest absolute Gasteiger partial charge is 0.301 e. The zero-order chi connectivity index (χ0) is 21.0. The number of nitrogens with zero attached hydrogens (tertiary/aromatic N) is 5. The van der Waals surface area contributed by atoms with Crippen molar-refractivity contribution in [3.8, 4) is 11.8 Å². The Morgan fingerprint density at radius 3 is 2.52 bits per heavy atom. The minimum atomic E-state index is -0.367. The summed E-state index contributed by atoms with van der Waals surface area (Å²) in [6, 6.07) is 7.34. The van der Waals surface area contributed by atoms with Gasteiger partial charge in [0, 0.05) is 15.7 Å². The van der Waals surface area contributed by atoms with Crippen molar-refractivity contribution in [3.63, 3.8) is 0 Å². The predicted molar refractivity (Wildman–Crippen MR) is 115 cm³/mol. The Hall–Kier alpha value is -2.81. The molecule has 0 atom stereocenters. The van der Waals surface area contributed by atoms with Gasteiger partial charge >= 0.3 is 5.56 Å². The maximum Gasteiger partial charge on any atom is 0.301 e. The van der Waals surface area contributed by atoms with E-state index in [0.717, 1.165) is 28.6 Å². The van der Waals surface area contributed by atoms with Crippen LogP contribution in [0.3, 0.4) is 0 Å². The van der Waals surface area contributed by atoms with Gasteiger partial charge in [-0.25, -0.2) is 4.98 Å². The quantitative estimate of drug-likeness (QED) is 0.497. The summed E-state index contributed by atoms with van der Waals surface area (Å²) in [6.45, 7) is 8.13. The van der Waals surface area contributed by atoms with E-state index in [1.54, 1.807) is 19.1 Å². The molecule has 9 heteroatoms. The Labute approximate surface area is 177 Å². The van der Waals surface area contributed by atoms with Crippen LogP contribution in [0.25, 0.3) is 5.95 Å². The number of hydrogen-bond acceptors (Lipinski definition) is 6. The number of hydrogen-bond donors (Lipinski definition) is 1. The first kappa shape index (κ1) is 20.9. The maximum absolute atomic E-state index is 12.9. The molecule has 0 saturated carbocycles. The van der Waals surface area contributed by atoms with Gasteiger partial charge < -0.3 is 4.74 Å². The predicted octanol–water partition coefficient (Wildman–Crippen LogP) is 5.10. The molecule has 3 rings (SSSR count). The molecule has 152 valence electrons. The third-order valence-electron chi connectivity index (χ3n) is 4.28. The molecule has 0 fully saturated rings. The lowest BCUT2D eigenvalue weighted by Gasteiger charge is -2.12. The Balaban J connectivity index is 2.01. The molecule has 2 heterocycles. The van der Waals surface area contributed by atoms with Crippen molar-refractivity contribution in [2.75, 3.05) is 6.61 Å². The van der Waals surface area contributed by atoms with Gasteiger partial charge in [-0.1, -0.05) is 29.3 Å². The molecule has 0 radical (unpaired) electrons. The number of halogens is 1. The number of H-pyrrole nitrogens is 1. The van der Waals surface area contributed by atoms with Crippen molar-refractivity contribution in [2.24, 2.45) is 10.2 Å². The van der Waals surface area contributed by atoms with E-state index in [2.05, 4.69) is 48.1 Å². The van der Waals surface area contributed by atoms with E-state index < -0.39 is 0 Å². The van der Waals surface area contributed by atoms with Gasteiger partial charge in [0.2, 0.25) is 5.88 Å². The SMILES string of the molecule is CCCc1c(C)nc(-n2[nH]c(C)c(N=Nc3ccc(Br)cc3)c2=O)nc1OCC. The fourth-order valence-electron chi connectivity index (χ4n) is 2.86. The highest BCUT2D eigenvalue weighted by Gasteiger charge is 2.18. The van der Waals surface area contributed by atoms with E-state index in [1.807, 2.05) is 26.0 Å².